The average Bonchev–Trinajstić information content (AvgIpc) is 3.46. The highest BCUT2D eigenvalue weighted by atomic mass is 16.5. The van der Waals surface area contributed by atoms with Crippen molar-refractivity contribution in [3.63, 3.8) is 0 Å². The third kappa shape index (κ3) is 3.55. The van der Waals surface area contributed by atoms with Crippen LogP contribution in [0, 0.1) is 0 Å². The fourth-order valence-electron chi connectivity index (χ4n) is 4.29. The first-order valence-electron chi connectivity index (χ1n) is 10.5. The van der Waals surface area contributed by atoms with Gasteiger partial charge in [-0.1, -0.05) is 54.6 Å². The van der Waals surface area contributed by atoms with Crippen molar-refractivity contribution < 1.29 is 23.8 Å². The molecule has 2 heterocycles. The number of para-hydroxylation sites is 1. The third-order valence-electron chi connectivity index (χ3n) is 5.91. The van der Waals surface area contributed by atoms with E-state index in [1.165, 1.54) is 11.2 Å². The Morgan fingerprint density at radius 3 is 2.48 bits per heavy atom. The summed E-state index contributed by atoms with van der Waals surface area (Å²) in [4.78, 5) is 27.7. The Morgan fingerprint density at radius 1 is 0.970 bits per heavy atom. The van der Waals surface area contributed by atoms with Crippen LogP contribution >= 0.6 is 0 Å². The van der Waals surface area contributed by atoms with Crippen LogP contribution in [0.25, 0.3) is 16.5 Å². The number of aliphatic hydroxyl groups excluding tert-OH is 1. The molecule has 0 radical (unpaired) electrons. The summed E-state index contributed by atoms with van der Waals surface area (Å²) in [5.41, 5.74) is 1.20. The van der Waals surface area contributed by atoms with E-state index in [0.29, 0.717) is 17.1 Å². The number of nitrogens with zero attached hydrogens (tertiary/aromatic N) is 1. The van der Waals surface area contributed by atoms with Crippen molar-refractivity contribution in [1.29, 1.82) is 0 Å². The van der Waals surface area contributed by atoms with Crippen LogP contribution in [-0.4, -0.2) is 28.8 Å². The van der Waals surface area contributed by atoms with Crippen molar-refractivity contribution in [3.05, 3.63) is 108 Å². The Labute approximate surface area is 190 Å². The van der Waals surface area contributed by atoms with Gasteiger partial charge in [0.15, 0.2) is 0 Å². The van der Waals surface area contributed by atoms with E-state index in [2.05, 4.69) is 0 Å². The second-order valence-electron chi connectivity index (χ2n) is 7.82. The van der Waals surface area contributed by atoms with Gasteiger partial charge in [-0.3, -0.25) is 9.59 Å². The molecule has 5 rings (SSSR count). The first kappa shape index (κ1) is 20.6. The number of furan rings is 1. The summed E-state index contributed by atoms with van der Waals surface area (Å²) >= 11 is 0. The number of likely N-dealkylation sites (tertiary alicyclic amines) is 1. The van der Waals surface area contributed by atoms with E-state index < -0.39 is 17.7 Å². The molecule has 1 aliphatic heterocycles. The molecule has 1 amide bonds. The second kappa shape index (κ2) is 8.31. The van der Waals surface area contributed by atoms with Crippen LogP contribution in [0.5, 0.6) is 5.75 Å². The Bertz CT molecular complexity index is 1390. The molecule has 0 spiro atoms. The monoisotopic (exact) mass is 439 g/mol. The maximum Gasteiger partial charge on any atom is 0.296 e. The summed E-state index contributed by atoms with van der Waals surface area (Å²) in [7, 11) is 1.55. The highest BCUT2D eigenvalue weighted by Crippen LogP contribution is 2.41. The van der Waals surface area contributed by atoms with Gasteiger partial charge in [0.25, 0.3) is 11.7 Å². The lowest BCUT2D eigenvalue weighted by Crippen LogP contribution is -2.29. The molecule has 0 saturated carbocycles. The van der Waals surface area contributed by atoms with E-state index >= 15 is 0 Å². The molecule has 4 aromatic rings. The lowest BCUT2D eigenvalue weighted by Gasteiger charge is -2.24. The molecular formula is C27H21NO5. The Kier molecular flexibility index (Phi) is 5.18. The van der Waals surface area contributed by atoms with E-state index in [9.17, 15) is 14.7 Å². The number of aliphatic hydroxyl groups is 1. The van der Waals surface area contributed by atoms with Crippen molar-refractivity contribution in [3.8, 4) is 5.75 Å². The minimum atomic E-state index is -0.864. The van der Waals surface area contributed by atoms with E-state index in [1.807, 2.05) is 48.5 Å². The first-order valence-corrected chi connectivity index (χ1v) is 10.5. The van der Waals surface area contributed by atoms with Gasteiger partial charge in [0.2, 0.25) is 0 Å². The van der Waals surface area contributed by atoms with Gasteiger partial charge in [-0.15, -0.1) is 0 Å². The lowest BCUT2D eigenvalue weighted by molar-refractivity contribution is -0.140. The van der Waals surface area contributed by atoms with Crippen molar-refractivity contribution in [2.45, 2.75) is 12.6 Å². The van der Waals surface area contributed by atoms with Gasteiger partial charge in [0.05, 0.1) is 25.5 Å². The van der Waals surface area contributed by atoms with Crippen LogP contribution < -0.4 is 4.74 Å². The SMILES string of the molecule is COc1ccccc1CN1C(=O)C(=O)/C(=C(\O)c2ccc3ccccc3c2)C1c1ccco1. The van der Waals surface area contributed by atoms with Crippen LogP contribution in [-0.2, 0) is 16.1 Å². The highest BCUT2D eigenvalue weighted by molar-refractivity contribution is 6.46. The van der Waals surface area contributed by atoms with Crippen LogP contribution in [0.1, 0.15) is 22.9 Å². The molecule has 1 aromatic heterocycles. The lowest BCUT2D eigenvalue weighted by atomic mass is 9.97. The number of hydrogen-bond donors (Lipinski definition) is 1. The molecule has 6 nitrogen and oxygen atoms in total. The van der Waals surface area contributed by atoms with Crippen molar-refractivity contribution >= 4 is 28.2 Å². The predicted octanol–water partition coefficient (Wildman–Crippen LogP) is 5.06. The number of carbonyl (C=O) groups excluding carboxylic acids is 2. The molecule has 0 bridgehead atoms. The Balaban J connectivity index is 1.64. The van der Waals surface area contributed by atoms with E-state index in [-0.39, 0.29) is 17.9 Å². The van der Waals surface area contributed by atoms with Crippen molar-refractivity contribution in [2.75, 3.05) is 7.11 Å². The number of methoxy groups -OCH3 is 1. The van der Waals surface area contributed by atoms with Gasteiger partial charge < -0.3 is 19.2 Å². The fraction of sp³-hybridized carbons (Fsp3) is 0.111. The molecule has 1 saturated heterocycles. The summed E-state index contributed by atoms with van der Waals surface area (Å²) in [5.74, 6) is -0.691. The summed E-state index contributed by atoms with van der Waals surface area (Å²) < 4.78 is 11.0. The number of Topliss-reactive ketones (excluding diaryl/α,β-unsaturated/α-hetero) is 1. The maximum atomic E-state index is 13.2. The quantitative estimate of drug-likeness (QED) is 0.267. The standard InChI is InChI=1S/C27H21NO5/c1-32-21-10-5-4-9-20(21)16-28-24(22-11-6-14-33-22)23(26(30)27(28)31)25(29)19-13-12-17-7-2-3-8-18(17)15-19/h2-15,24,29H,16H2,1H3/b25-23-. The zero-order valence-corrected chi connectivity index (χ0v) is 17.9. The number of carbonyl (C=O) groups is 2. The Hall–Kier alpha value is -4.32. The molecule has 33 heavy (non-hydrogen) atoms. The maximum absolute atomic E-state index is 13.2. The highest BCUT2D eigenvalue weighted by Gasteiger charge is 2.47. The first-order chi connectivity index (χ1) is 16.1. The number of ketones is 1. The van der Waals surface area contributed by atoms with Gasteiger partial charge in [-0.05, 0) is 35.0 Å². The molecule has 1 atom stereocenters. The minimum absolute atomic E-state index is 0.000120. The summed E-state index contributed by atoms with van der Waals surface area (Å²) in [5, 5.41) is 13.2. The number of benzene rings is 3. The van der Waals surface area contributed by atoms with E-state index in [4.69, 9.17) is 9.15 Å². The van der Waals surface area contributed by atoms with Gasteiger partial charge in [0.1, 0.15) is 23.3 Å². The third-order valence-corrected chi connectivity index (χ3v) is 5.91. The van der Waals surface area contributed by atoms with Crippen LogP contribution in [0.2, 0.25) is 0 Å². The fourth-order valence-corrected chi connectivity index (χ4v) is 4.29. The zero-order chi connectivity index (χ0) is 22.9. The molecular weight excluding hydrogens is 418 g/mol. The summed E-state index contributed by atoms with van der Waals surface area (Å²) in [6.45, 7) is 0.119. The van der Waals surface area contributed by atoms with Gasteiger partial charge in [-0.2, -0.15) is 0 Å². The molecule has 6 heteroatoms. The van der Waals surface area contributed by atoms with Crippen molar-refractivity contribution in [1.82, 2.24) is 4.90 Å². The largest absolute Gasteiger partial charge is 0.507 e. The molecule has 1 unspecified atom stereocenters. The average molecular weight is 439 g/mol. The number of rotatable bonds is 5. The molecule has 164 valence electrons. The molecule has 1 N–H and O–H groups in total. The number of hydrogen-bond acceptors (Lipinski definition) is 5. The van der Waals surface area contributed by atoms with Gasteiger partial charge >= 0.3 is 0 Å². The number of ether oxygens (including phenoxy) is 1. The number of amides is 1. The molecule has 1 aliphatic rings. The van der Waals surface area contributed by atoms with Gasteiger partial charge in [0, 0.05) is 11.1 Å². The normalized spacial score (nSPS) is 17.6. The molecule has 3 aromatic carbocycles. The van der Waals surface area contributed by atoms with Crippen LogP contribution in [0.3, 0.4) is 0 Å². The summed E-state index contributed by atoms with van der Waals surface area (Å²) in [6, 6.07) is 23.0. The molecule has 0 aliphatic carbocycles. The van der Waals surface area contributed by atoms with E-state index in [1.54, 1.807) is 37.4 Å². The predicted molar refractivity (Wildman–Crippen MR) is 123 cm³/mol. The summed E-state index contributed by atoms with van der Waals surface area (Å²) in [6.07, 6.45) is 1.48. The van der Waals surface area contributed by atoms with Crippen molar-refractivity contribution in [2.24, 2.45) is 0 Å². The van der Waals surface area contributed by atoms with Crippen LogP contribution in [0.15, 0.2) is 95.1 Å². The second-order valence-corrected chi connectivity index (χ2v) is 7.82. The topological polar surface area (TPSA) is 80.0 Å². The van der Waals surface area contributed by atoms with E-state index in [0.717, 1.165) is 16.3 Å². The zero-order valence-electron chi connectivity index (χ0n) is 17.9. The van der Waals surface area contributed by atoms with Crippen LogP contribution in [0.4, 0.5) is 0 Å². The smallest absolute Gasteiger partial charge is 0.296 e. The molecule has 1 fully saturated rings. The van der Waals surface area contributed by atoms with Gasteiger partial charge in [-0.25, -0.2) is 0 Å². The number of fused-ring (bicyclic) bond motifs is 1. The minimum Gasteiger partial charge on any atom is -0.507 e. The Morgan fingerprint density at radius 2 is 1.73 bits per heavy atom.